The van der Waals surface area contributed by atoms with Gasteiger partial charge in [-0.15, -0.1) is 0 Å². The van der Waals surface area contributed by atoms with Gasteiger partial charge in [0.2, 0.25) is 0 Å². The number of aromatic nitrogens is 2. The van der Waals surface area contributed by atoms with Gasteiger partial charge in [0.1, 0.15) is 5.69 Å². The fraction of sp³-hybridized carbons (Fsp3) is 0.526. The first-order chi connectivity index (χ1) is 12.2. The van der Waals surface area contributed by atoms with Crippen LogP contribution in [0.5, 0.6) is 0 Å². The quantitative estimate of drug-likeness (QED) is 0.836. The molecule has 25 heavy (non-hydrogen) atoms. The molecule has 1 aromatic heterocycles. The highest BCUT2D eigenvalue weighted by molar-refractivity contribution is 5.93. The molecule has 6 heteroatoms. The lowest BCUT2D eigenvalue weighted by molar-refractivity contribution is -0.0424. The van der Waals surface area contributed by atoms with Crippen LogP contribution in [0, 0.1) is 0 Å². The van der Waals surface area contributed by atoms with Crippen molar-refractivity contribution in [3.63, 3.8) is 0 Å². The van der Waals surface area contributed by atoms with Gasteiger partial charge >= 0.3 is 0 Å². The number of hydrogen-bond acceptors (Lipinski definition) is 5. The molecule has 2 aromatic rings. The summed E-state index contributed by atoms with van der Waals surface area (Å²) in [5, 5.41) is 0. The van der Waals surface area contributed by atoms with E-state index in [1.165, 1.54) is 0 Å². The van der Waals surface area contributed by atoms with E-state index in [1.54, 1.807) is 6.20 Å². The summed E-state index contributed by atoms with van der Waals surface area (Å²) >= 11 is 0. The maximum Gasteiger partial charge on any atom is 0.274 e. The predicted octanol–water partition coefficient (Wildman–Crippen LogP) is 1.96. The van der Waals surface area contributed by atoms with E-state index in [2.05, 4.69) is 21.8 Å². The second-order valence-electron chi connectivity index (χ2n) is 6.94. The van der Waals surface area contributed by atoms with Gasteiger partial charge in [-0.05, 0) is 31.9 Å². The summed E-state index contributed by atoms with van der Waals surface area (Å²) in [4.78, 5) is 26.1. The van der Waals surface area contributed by atoms with E-state index in [0.717, 1.165) is 56.7 Å². The van der Waals surface area contributed by atoms with Crippen LogP contribution in [0.2, 0.25) is 0 Å². The number of benzene rings is 1. The third kappa shape index (κ3) is 3.50. The van der Waals surface area contributed by atoms with Crippen LogP contribution >= 0.6 is 0 Å². The van der Waals surface area contributed by atoms with Gasteiger partial charge in [-0.3, -0.25) is 14.7 Å². The van der Waals surface area contributed by atoms with Crippen molar-refractivity contribution in [1.82, 2.24) is 19.8 Å². The average Bonchev–Trinajstić information content (AvgIpc) is 2.67. The van der Waals surface area contributed by atoms with Gasteiger partial charge in [-0.2, -0.15) is 0 Å². The molecule has 1 atom stereocenters. The third-order valence-electron chi connectivity index (χ3n) is 5.21. The maximum atomic E-state index is 12.8. The molecule has 4 rings (SSSR count). The molecular formula is C19H24N4O2. The molecule has 132 valence electrons. The number of rotatable bonds is 2. The molecule has 1 unspecified atom stereocenters. The van der Waals surface area contributed by atoms with E-state index in [1.807, 2.05) is 29.2 Å². The first kappa shape index (κ1) is 16.4. The Hall–Kier alpha value is -2.05. The number of para-hydroxylation sites is 2. The topological polar surface area (TPSA) is 58.6 Å². The third-order valence-corrected chi connectivity index (χ3v) is 5.21. The van der Waals surface area contributed by atoms with Crippen molar-refractivity contribution in [3.05, 3.63) is 36.2 Å². The van der Waals surface area contributed by atoms with Crippen molar-refractivity contribution in [2.24, 2.45) is 0 Å². The summed E-state index contributed by atoms with van der Waals surface area (Å²) in [7, 11) is 0. The van der Waals surface area contributed by atoms with Crippen molar-refractivity contribution in [2.45, 2.75) is 31.9 Å². The van der Waals surface area contributed by atoms with Crippen LogP contribution in [-0.4, -0.2) is 70.6 Å². The number of likely N-dealkylation sites (tertiary alicyclic amines) is 1. The molecule has 0 aliphatic carbocycles. The van der Waals surface area contributed by atoms with Crippen LogP contribution in [0.1, 0.15) is 30.3 Å². The normalized spacial score (nSPS) is 23.1. The second-order valence-corrected chi connectivity index (χ2v) is 6.94. The van der Waals surface area contributed by atoms with Gasteiger partial charge in [0, 0.05) is 32.2 Å². The summed E-state index contributed by atoms with van der Waals surface area (Å²) < 4.78 is 5.63. The standard InChI is InChI=1S/C19H24N4O2/c1-14-13-23(10-11-25-14)15-6-8-22(9-7-15)19(24)18-12-20-16-4-2-3-5-17(16)21-18/h2-5,12,14-15H,6-11,13H2,1H3. The lowest BCUT2D eigenvalue weighted by Gasteiger charge is -2.41. The lowest BCUT2D eigenvalue weighted by atomic mass is 10.0. The SMILES string of the molecule is CC1CN(C2CCN(C(=O)c3cnc4ccccc4n3)CC2)CCO1. The summed E-state index contributed by atoms with van der Waals surface area (Å²) in [5.41, 5.74) is 2.03. The van der Waals surface area contributed by atoms with E-state index in [0.29, 0.717) is 17.8 Å². The zero-order valence-electron chi connectivity index (χ0n) is 14.6. The van der Waals surface area contributed by atoms with E-state index < -0.39 is 0 Å². The number of carbonyl (C=O) groups is 1. The molecule has 1 aromatic carbocycles. The molecule has 6 nitrogen and oxygen atoms in total. The predicted molar refractivity (Wildman–Crippen MR) is 95.5 cm³/mol. The first-order valence-electron chi connectivity index (χ1n) is 9.07. The van der Waals surface area contributed by atoms with Crippen molar-refractivity contribution in [2.75, 3.05) is 32.8 Å². The van der Waals surface area contributed by atoms with Crippen molar-refractivity contribution in [1.29, 1.82) is 0 Å². The number of fused-ring (bicyclic) bond motifs is 1. The Bertz CT molecular complexity index is 758. The fourth-order valence-electron chi connectivity index (χ4n) is 3.83. The highest BCUT2D eigenvalue weighted by atomic mass is 16.5. The molecule has 2 fully saturated rings. The molecule has 0 saturated carbocycles. The molecule has 2 aliphatic heterocycles. The minimum Gasteiger partial charge on any atom is -0.376 e. The Morgan fingerprint density at radius 3 is 2.68 bits per heavy atom. The van der Waals surface area contributed by atoms with Crippen LogP contribution in [0.3, 0.4) is 0 Å². The molecule has 0 N–H and O–H groups in total. The number of hydrogen-bond donors (Lipinski definition) is 0. The molecule has 0 bridgehead atoms. The van der Waals surface area contributed by atoms with E-state index in [-0.39, 0.29) is 5.91 Å². The largest absolute Gasteiger partial charge is 0.376 e. The van der Waals surface area contributed by atoms with E-state index in [4.69, 9.17) is 4.74 Å². The van der Waals surface area contributed by atoms with Gasteiger partial charge in [0.15, 0.2) is 0 Å². The van der Waals surface area contributed by atoms with Gasteiger partial charge in [-0.1, -0.05) is 12.1 Å². The van der Waals surface area contributed by atoms with Gasteiger partial charge in [0.25, 0.3) is 5.91 Å². The van der Waals surface area contributed by atoms with Crippen LogP contribution < -0.4 is 0 Å². The lowest BCUT2D eigenvalue weighted by Crippen LogP contribution is -2.51. The Balaban J connectivity index is 1.40. The van der Waals surface area contributed by atoms with Crippen LogP contribution in [0.25, 0.3) is 11.0 Å². The van der Waals surface area contributed by atoms with Crippen molar-refractivity contribution in [3.8, 4) is 0 Å². The zero-order valence-corrected chi connectivity index (χ0v) is 14.6. The number of amides is 1. The van der Waals surface area contributed by atoms with Crippen molar-refractivity contribution < 1.29 is 9.53 Å². The second kappa shape index (κ2) is 7.06. The maximum absolute atomic E-state index is 12.8. The van der Waals surface area contributed by atoms with Crippen LogP contribution in [-0.2, 0) is 4.74 Å². The van der Waals surface area contributed by atoms with Crippen LogP contribution in [0.4, 0.5) is 0 Å². The summed E-state index contributed by atoms with van der Waals surface area (Å²) in [6, 6.07) is 8.20. The highest BCUT2D eigenvalue weighted by Crippen LogP contribution is 2.20. The number of morpholine rings is 1. The summed E-state index contributed by atoms with van der Waals surface area (Å²) in [5.74, 6) is -0.00736. The average molecular weight is 340 g/mol. The zero-order chi connectivity index (χ0) is 17.2. The number of ether oxygens (including phenoxy) is 1. The highest BCUT2D eigenvalue weighted by Gasteiger charge is 2.30. The smallest absolute Gasteiger partial charge is 0.274 e. The Morgan fingerprint density at radius 1 is 1.16 bits per heavy atom. The van der Waals surface area contributed by atoms with E-state index >= 15 is 0 Å². The van der Waals surface area contributed by atoms with E-state index in [9.17, 15) is 4.79 Å². The molecule has 3 heterocycles. The Morgan fingerprint density at radius 2 is 1.92 bits per heavy atom. The summed E-state index contributed by atoms with van der Waals surface area (Å²) in [6.45, 7) is 6.50. The number of piperidine rings is 1. The molecule has 0 spiro atoms. The first-order valence-corrected chi connectivity index (χ1v) is 9.07. The fourth-order valence-corrected chi connectivity index (χ4v) is 3.83. The molecule has 2 aliphatic rings. The van der Waals surface area contributed by atoms with Crippen LogP contribution in [0.15, 0.2) is 30.5 Å². The molecule has 1 amide bonds. The molecular weight excluding hydrogens is 316 g/mol. The Kier molecular flexibility index (Phi) is 4.63. The Labute approximate surface area is 147 Å². The molecule has 2 saturated heterocycles. The van der Waals surface area contributed by atoms with Crippen molar-refractivity contribution >= 4 is 16.9 Å². The monoisotopic (exact) mass is 340 g/mol. The van der Waals surface area contributed by atoms with Gasteiger partial charge in [-0.25, -0.2) is 4.98 Å². The molecule has 0 radical (unpaired) electrons. The van der Waals surface area contributed by atoms with Gasteiger partial charge in [0.05, 0.1) is 29.9 Å². The minimum absolute atomic E-state index is 0.00736. The number of carbonyl (C=O) groups excluding carboxylic acids is 1. The van der Waals surface area contributed by atoms with Gasteiger partial charge < -0.3 is 9.64 Å². The summed E-state index contributed by atoms with van der Waals surface area (Å²) in [6.07, 6.45) is 3.93. The number of nitrogens with zero attached hydrogens (tertiary/aromatic N) is 4. The minimum atomic E-state index is -0.00736.